The molecule has 0 spiro atoms. The van der Waals surface area contributed by atoms with Crippen molar-refractivity contribution in [3.8, 4) is 56.7 Å². The first-order valence-electron chi connectivity index (χ1n) is 20.3. The van der Waals surface area contributed by atoms with Crippen molar-refractivity contribution in [2.24, 2.45) is 0 Å². The predicted octanol–water partition coefficient (Wildman–Crippen LogP) is 13.9. The van der Waals surface area contributed by atoms with Crippen LogP contribution in [-0.4, -0.2) is 24.1 Å². The molecule has 0 bridgehead atoms. The van der Waals surface area contributed by atoms with Gasteiger partial charge in [-0.05, 0) is 82.6 Å². The summed E-state index contributed by atoms with van der Waals surface area (Å²) in [5, 5.41) is 7.19. The lowest BCUT2D eigenvalue weighted by Crippen LogP contribution is -2.03. The molecular weight excluding hydrogens is 731 g/mol. The summed E-state index contributed by atoms with van der Waals surface area (Å²) in [5.74, 6) is 1.83. The first kappa shape index (κ1) is 33.9. The smallest absolute Gasteiger partial charge is 0.166 e. The standard InChI is InChI=1S/C55H35N5/c1-3-16-36(17-4-1)37-20-13-21-40(32-37)53-56-54(58-55(57-53)47-29-15-28-46-44-26-9-12-31-50(44)60(52(46)47)42-23-5-2-6-24-42)41-22-14-25-43(33-41)59-49-30-11-10-27-45(49)48-34-38-18-7-8-19-39(38)35-51(48)59/h1-35H. The van der Waals surface area contributed by atoms with E-state index in [1.807, 2.05) is 6.07 Å². The van der Waals surface area contributed by atoms with E-state index in [1.165, 1.54) is 26.9 Å². The van der Waals surface area contributed by atoms with Crippen LogP contribution in [0.15, 0.2) is 212 Å². The van der Waals surface area contributed by atoms with Crippen LogP contribution in [-0.2, 0) is 0 Å². The summed E-state index contributed by atoms with van der Waals surface area (Å²) in [5.41, 5.74) is 11.6. The Bertz CT molecular complexity index is 3600. The molecule has 0 saturated heterocycles. The molecule has 0 N–H and O–H groups in total. The van der Waals surface area contributed by atoms with Gasteiger partial charge in [0, 0.05) is 49.6 Å². The number of nitrogens with zero attached hydrogens (tertiary/aromatic N) is 5. The summed E-state index contributed by atoms with van der Waals surface area (Å²) in [7, 11) is 0. The van der Waals surface area contributed by atoms with Gasteiger partial charge in [-0.2, -0.15) is 0 Å². The van der Waals surface area contributed by atoms with Gasteiger partial charge >= 0.3 is 0 Å². The zero-order valence-corrected chi connectivity index (χ0v) is 32.4. The van der Waals surface area contributed by atoms with E-state index < -0.39 is 0 Å². The van der Waals surface area contributed by atoms with Crippen LogP contribution in [0.5, 0.6) is 0 Å². The van der Waals surface area contributed by atoms with Crippen molar-refractivity contribution in [3.63, 3.8) is 0 Å². The maximum atomic E-state index is 5.38. The maximum absolute atomic E-state index is 5.38. The normalized spacial score (nSPS) is 11.7. The van der Waals surface area contributed by atoms with Gasteiger partial charge in [-0.3, -0.25) is 0 Å². The summed E-state index contributed by atoms with van der Waals surface area (Å²) >= 11 is 0. The second-order valence-corrected chi connectivity index (χ2v) is 15.3. The Morgan fingerprint density at radius 3 is 1.57 bits per heavy atom. The van der Waals surface area contributed by atoms with Gasteiger partial charge < -0.3 is 9.13 Å². The third-order valence-corrected chi connectivity index (χ3v) is 11.7. The molecule has 0 aliphatic heterocycles. The van der Waals surface area contributed by atoms with Crippen LogP contribution in [0.2, 0.25) is 0 Å². The van der Waals surface area contributed by atoms with Gasteiger partial charge in [-0.25, -0.2) is 15.0 Å². The highest BCUT2D eigenvalue weighted by atomic mass is 15.1. The van der Waals surface area contributed by atoms with Gasteiger partial charge in [-0.1, -0.05) is 152 Å². The molecule has 0 unspecified atom stereocenters. The Balaban J connectivity index is 1.11. The molecule has 5 heteroatoms. The molecule has 3 heterocycles. The molecule has 12 aromatic rings. The molecule has 0 aliphatic carbocycles. The minimum absolute atomic E-state index is 0.604. The quantitative estimate of drug-likeness (QED) is 0.169. The Hall–Kier alpha value is -8.15. The molecular formula is C55H35N5. The van der Waals surface area contributed by atoms with E-state index in [-0.39, 0.29) is 0 Å². The van der Waals surface area contributed by atoms with Crippen LogP contribution in [0, 0.1) is 0 Å². The first-order chi connectivity index (χ1) is 29.7. The second-order valence-electron chi connectivity index (χ2n) is 15.3. The zero-order chi connectivity index (χ0) is 39.6. The van der Waals surface area contributed by atoms with Crippen molar-refractivity contribution in [2.45, 2.75) is 0 Å². The van der Waals surface area contributed by atoms with Crippen molar-refractivity contribution >= 4 is 54.4 Å². The summed E-state index contributed by atoms with van der Waals surface area (Å²) in [4.78, 5) is 16.0. The fourth-order valence-corrected chi connectivity index (χ4v) is 8.98. The van der Waals surface area contributed by atoms with Crippen molar-refractivity contribution in [1.82, 2.24) is 24.1 Å². The SMILES string of the molecule is c1ccc(-c2cccc(-c3nc(-c4cccc(-n5c6ccccc6c6cc7ccccc7cc65)c4)nc(-c4cccc5c6ccccc6n(-c6ccccc6)c45)n3)c2)cc1. The number of benzene rings is 9. The van der Waals surface area contributed by atoms with Crippen molar-refractivity contribution in [2.75, 3.05) is 0 Å². The molecule has 12 rings (SSSR count). The molecule has 0 atom stereocenters. The average molecular weight is 766 g/mol. The lowest BCUT2D eigenvalue weighted by molar-refractivity contribution is 1.07. The summed E-state index contributed by atoms with van der Waals surface area (Å²) in [6.07, 6.45) is 0. The van der Waals surface area contributed by atoms with Crippen LogP contribution in [0.25, 0.3) is 111 Å². The van der Waals surface area contributed by atoms with Crippen LogP contribution in [0.1, 0.15) is 0 Å². The number of rotatable bonds is 6. The maximum Gasteiger partial charge on any atom is 0.166 e. The van der Waals surface area contributed by atoms with Crippen LogP contribution >= 0.6 is 0 Å². The van der Waals surface area contributed by atoms with Gasteiger partial charge in [0.25, 0.3) is 0 Å². The number of hydrogen-bond donors (Lipinski definition) is 0. The molecule has 0 amide bonds. The van der Waals surface area contributed by atoms with Crippen molar-refractivity contribution in [3.05, 3.63) is 212 Å². The second kappa shape index (κ2) is 13.8. The average Bonchev–Trinajstić information content (AvgIpc) is 3.84. The molecule has 0 fully saturated rings. The van der Waals surface area contributed by atoms with Crippen molar-refractivity contribution < 1.29 is 0 Å². The van der Waals surface area contributed by atoms with Crippen LogP contribution < -0.4 is 0 Å². The lowest BCUT2D eigenvalue weighted by atomic mass is 10.0. The highest BCUT2D eigenvalue weighted by Gasteiger charge is 2.21. The van der Waals surface area contributed by atoms with E-state index in [0.29, 0.717) is 17.5 Å². The fraction of sp³-hybridized carbons (Fsp3) is 0. The number of hydrogen-bond acceptors (Lipinski definition) is 3. The monoisotopic (exact) mass is 765 g/mol. The van der Waals surface area contributed by atoms with Gasteiger partial charge in [0.15, 0.2) is 17.5 Å². The van der Waals surface area contributed by atoms with Gasteiger partial charge in [-0.15, -0.1) is 0 Å². The minimum atomic E-state index is 0.604. The lowest BCUT2D eigenvalue weighted by Gasteiger charge is -2.14. The molecule has 0 saturated carbocycles. The highest BCUT2D eigenvalue weighted by Crippen LogP contribution is 2.39. The topological polar surface area (TPSA) is 48.5 Å². The van der Waals surface area contributed by atoms with Crippen LogP contribution in [0.4, 0.5) is 0 Å². The Morgan fingerprint density at radius 1 is 0.283 bits per heavy atom. The molecule has 5 nitrogen and oxygen atoms in total. The predicted molar refractivity (Wildman–Crippen MR) is 248 cm³/mol. The van der Waals surface area contributed by atoms with E-state index in [4.69, 9.17) is 15.0 Å². The largest absolute Gasteiger partial charge is 0.309 e. The molecule has 60 heavy (non-hydrogen) atoms. The number of fused-ring (bicyclic) bond motifs is 7. The Morgan fingerprint density at radius 2 is 0.800 bits per heavy atom. The minimum Gasteiger partial charge on any atom is -0.309 e. The van der Waals surface area contributed by atoms with E-state index in [0.717, 1.165) is 66.6 Å². The number of para-hydroxylation sites is 4. The third-order valence-electron chi connectivity index (χ3n) is 11.7. The van der Waals surface area contributed by atoms with Gasteiger partial charge in [0.05, 0.1) is 22.1 Å². The molecule has 280 valence electrons. The van der Waals surface area contributed by atoms with E-state index in [2.05, 4.69) is 215 Å². The van der Waals surface area contributed by atoms with E-state index in [1.54, 1.807) is 0 Å². The zero-order valence-electron chi connectivity index (χ0n) is 32.4. The van der Waals surface area contributed by atoms with E-state index >= 15 is 0 Å². The molecule has 9 aromatic carbocycles. The Kier molecular flexibility index (Phi) is 7.78. The fourth-order valence-electron chi connectivity index (χ4n) is 8.98. The third kappa shape index (κ3) is 5.52. The van der Waals surface area contributed by atoms with Gasteiger partial charge in [0.1, 0.15) is 0 Å². The first-order valence-corrected chi connectivity index (χ1v) is 20.3. The summed E-state index contributed by atoms with van der Waals surface area (Å²) in [6, 6.07) is 75.0. The molecule has 0 radical (unpaired) electrons. The Labute approximate surface area is 346 Å². The summed E-state index contributed by atoms with van der Waals surface area (Å²) in [6.45, 7) is 0. The number of aromatic nitrogens is 5. The molecule has 3 aromatic heterocycles. The van der Waals surface area contributed by atoms with E-state index in [9.17, 15) is 0 Å². The highest BCUT2D eigenvalue weighted by molar-refractivity contribution is 6.14. The summed E-state index contributed by atoms with van der Waals surface area (Å²) < 4.78 is 4.71. The molecule has 0 aliphatic rings. The van der Waals surface area contributed by atoms with Crippen molar-refractivity contribution in [1.29, 1.82) is 0 Å². The van der Waals surface area contributed by atoms with Gasteiger partial charge in [0.2, 0.25) is 0 Å². The van der Waals surface area contributed by atoms with Crippen LogP contribution in [0.3, 0.4) is 0 Å².